The molecule has 19 heavy (non-hydrogen) atoms. The summed E-state index contributed by atoms with van der Waals surface area (Å²) >= 11 is 0. The number of anilines is 1. The molecule has 1 rings (SSSR count). The van der Waals surface area contributed by atoms with Crippen LogP contribution in [0, 0.1) is 0 Å². The summed E-state index contributed by atoms with van der Waals surface area (Å²) in [4.78, 5) is 15.8. The van der Waals surface area contributed by atoms with Crippen molar-refractivity contribution in [3.8, 4) is 0 Å². The summed E-state index contributed by atoms with van der Waals surface area (Å²) < 4.78 is 4.93. The summed E-state index contributed by atoms with van der Waals surface area (Å²) in [5.74, 6) is 0.480. The molecular weight excluding hydrogens is 240 g/mol. The highest BCUT2D eigenvalue weighted by Gasteiger charge is 2.23. The first-order chi connectivity index (χ1) is 9.10. The fourth-order valence-electron chi connectivity index (χ4n) is 2.09. The lowest BCUT2D eigenvalue weighted by Crippen LogP contribution is -2.36. The highest BCUT2D eigenvalue weighted by atomic mass is 16.5. The number of ether oxygens (including phenoxy) is 1. The molecule has 106 valence electrons. The van der Waals surface area contributed by atoms with E-state index in [1.165, 1.54) is 0 Å². The fraction of sp³-hybridized carbons (Fsp3) is 0.600. The van der Waals surface area contributed by atoms with E-state index in [1.807, 2.05) is 6.07 Å². The third kappa shape index (κ3) is 3.94. The van der Waals surface area contributed by atoms with E-state index in [0.717, 1.165) is 25.1 Å². The average Bonchev–Trinajstić information content (AvgIpc) is 2.46. The second-order valence-corrected chi connectivity index (χ2v) is 4.62. The van der Waals surface area contributed by atoms with Crippen LogP contribution in [0.5, 0.6) is 0 Å². The summed E-state index contributed by atoms with van der Waals surface area (Å²) in [5.41, 5.74) is 0.570. The van der Waals surface area contributed by atoms with Crippen molar-refractivity contribution < 1.29 is 9.53 Å². The molecule has 1 heterocycles. The smallest absolute Gasteiger partial charge is 0.339 e. The number of hydrogen-bond acceptors (Lipinski definition) is 4. The summed E-state index contributed by atoms with van der Waals surface area (Å²) in [6.45, 7) is 8.69. The molecule has 0 saturated carbocycles. The van der Waals surface area contributed by atoms with Crippen molar-refractivity contribution in [1.29, 1.82) is 0 Å². The van der Waals surface area contributed by atoms with Crippen LogP contribution >= 0.6 is 0 Å². The van der Waals surface area contributed by atoms with Gasteiger partial charge in [-0.2, -0.15) is 0 Å². The Bertz CT molecular complexity index is 389. The van der Waals surface area contributed by atoms with Gasteiger partial charge in [0.1, 0.15) is 5.82 Å². The van der Waals surface area contributed by atoms with Gasteiger partial charge in [0.25, 0.3) is 0 Å². The Morgan fingerprint density at radius 2 is 1.84 bits per heavy atom. The third-order valence-corrected chi connectivity index (χ3v) is 3.70. The van der Waals surface area contributed by atoms with Gasteiger partial charge < -0.3 is 10.1 Å². The molecule has 4 nitrogen and oxygen atoms in total. The molecule has 0 aliphatic heterocycles. The zero-order valence-corrected chi connectivity index (χ0v) is 12.3. The van der Waals surface area contributed by atoms with Gasteiger partial charge in [-0.05, 0) is 38.3 Å². The molecule has 0 aliphatic carbocycles. The first-order valence-corrected chi connectivity index (χ1v) is 7.02. The maximum Gasteiger partial charge on any atom is 0.339 e. The molecule has 0 aromatic carbocycles. The predicted molar refractivity (Wildman–Crippen MR) is 77.4 cm³/mol. The van der Waals surface area contributed by atoms with E-state index >= 15 is 0 Å². The van der Waals surface area contributed by atoms with Gasteiger partial charge in [-0.3, -0.25) is 0 Å². The summed E-state index contributed by atoms with van der Waals surface area (Å²) in [5, 5.41) is 3.48. The number of esters is 1. The van der Waals surface area contributed by atoms with Crippen LogP contribution in [0.3, 0.4) is 0 Å². The highest BCUT2D eigenvalue weighted by molar-refractivity contribution is 5.89. The van der Waals surface area contributed by atoms with Crippen LogP contribution in [0.4, 0.5) is 5.82 Å². The Morgan fingerprint density at radius 3 is 2.26 bits per heavy atom. The summed E-state index contributed by atoms with van der Waals surface area (Å²) in [7, 11) is 0. The van der Waals surface area contributed by atoms with Crippen LogP contribution in [0.2, 0.25) is 0 Å². The fourth-order valence-corrected chi connectivity index (χ4v) is 2.09. The van der Waals surface area contributed by atoms with Gasteiger partial charge in [-0.25, -0.2) is 9.78 Å². The largest absolute Gasteiger partial charge is 0.462 e. The molecule has 4 heteroatoms. The van der Waals surface area contributed by atoms with Gasteiger partial charge >= 0.3 is 5.97 Å². The normalized spacial score (nSPS) is 11.2. The molecule has 0 bridgehead atoms. The molecule has 0 amide bonds. The molecule has 0 fully saturated rings. The number of rotatable bonds is 7. The van der Waals surface area contributed by atoms with Crippen LogP contribution in [0.15, 0.2) is 18.3 Å². The van der Waals surface area contributed by atoms with Crippen molar-refractivity contribution in [2.24, 2.45) is 0 Å². The van der Waals surface area contributed by atoms with E-state index in [4.69, 9.17) is 4.74 Å². The number of hydrogen-bond donors (Lipinski definition) is 1. The predicted octanol–water partition coefficient (Wildman–Crippen LogP) is 3.64. The van der Waals surface area contributed by atoms with Crippen LogP contribution < -0.4 is 5.32 Å². The average molecular weight is 264 g/mol. The molecule has 0 spiro atoms. The Balaban J connectivity index is 2.79. The van der Waals surface area contributed by atoms with Crippen molar-refractivity contribution in [3.63, 3.8) is 0 Å². The molecule has 0 radical (unpaired) electrons. The maximum atomic E-state index is 11.5. The number of pyridine rings is 1. The molecule has 1 N–H and O–H groups in total. The van der Waals surface area contributed by atoms with Crippen molar-refractivity contribution in [3.05, 3.63) is 23.9 Å². The van der Waals surface area contributed by atoms with Crippen molar-refractivity contribution >= 4 is 11.8 Å². The molecule has 1 aromatic heterocycles. The quantitative estimate of drug-likeness (QED) is 0.764. The molecule has 0 saturated heterocycles. The summed E-state index contributed by atoms with van der Waals surface area (Å²) in [6.07, 6.45) is 4.69. The first kappa shape index (κ1) is 15.5. The van der Waals surface area contributed by atoms with Gasteiger partial charge in [0, 0.05) is 11.7 Å². The molecule has 0 unspecified atom stereocenters. The van der Waals surface area contributed by atoms with E-state index in [0.29, 0.717) is 12.2 Å². The van der Waals surface area contributed by atoms with Gasteiger partial charge in [-0.1, -0.05) is 20.8 Å². The Kier molecular flexibility index (Phi) is 5.80. The van der Waals surface area contributed by atoms with Crippen molar-refractivity contribution in [1.82, 2.24) is 4.98 Å². The van der Waals surface area contributed by atoms with Crippen LogP contribution in [0.25, 0.3) is 0 Å². The van der Waals surface area contributed by atoms with Gasteiger partial charge in [0.05, 0.1) is 12.2 Å². The van der Waals surface area contributed by atoms with E-state index in [1.54, 1.807) is 19.2 Å². The minimum absolute atomic E-state index is 0.0818. The first-order valence-electron chi connectivity index (χ1n) is 7.02. The van der Waals surface area contributed by atoms with E-state index < -0.39 is 0 Å². The van der Waals surface area contributed by atoms with Crippen LogP contribution in [0.1, 0.15) is 57.3 Å². The topological polar surface area (TPSA) is 51.2 Å². The van der Waals surface area contributed by atoms with Gasteiger partial charge in [0.2, 0.25) is 0 Å². The molecule has 1 aromatic rings. The lowest BCUT2D eigenvalue weighted by atomic mass is 9.90. The number of nitrogens with zero attached hydrogens (tertiary/aromatic N) is 1. The molecule has 0 atom stereocenters. The SMILES string of the molecule is CCOC(=O)c1ccc(NC(CC)(CC)CC)nc1. The minimum atomic E-state index is -0.325. The zero-order chi connectivity index (χ0) is 14.3. The van der Waals surface area contributed by atoms with Crippen LogP contribution in [-0.2, 0) is 4.74 Å². The van der Waals surface area contributed by atoms with E-state index in [-0.39, 0.29) is 11.5 Å². The molecule has 0 aliphatic rings. The van der Waals surface area contributed by atoms with Crippen LogP contribution in [-0.4, -0.2) is 23.1 Å². The van der Waals surface area contributed by atoms with Gasteiger partial charge in [0.15, 0.2) is 0 Å². The van der Waals surface area contributed by atoms with Gasteiger partial charge in [-0.15, -0.1) is 0 Å². The number of nitrogens with one attached hydrogen (secondary N) is 1. The Hall–Kier alpha value is -1.58. The lowest BCUT2D eigenvalue weighted by Gasteiger charge is -2.32. The monoisotopic (exact) mass is 264 g/mol. The Morgan fingerprint density at radius 1 is 1.21 bits per heavy atom. The van der Waals surface area contributed by atoms with E-state index in [9.17, 15) is 4.79 Å². The lowest BCUT2D eigenvalue weighted by molar-refractivity contribution is 0.0526. The number of aromatic nitrogens is 1. The second-order valence-electron chi connectivity index (χ2n) is 4.62. The Labute approximate surface area is 115 Å². The zero-order valence-electron chi connectivity index (χ0n) is 12.3. The summed E-state index contributed by atoms with van der Waals surface area (Å²) in [6, 6.07) is 3.58. The standard InChI is InChI=1S/C15H24N2O2/c1-5-15(6-2,7-3)17-13-10-9-12(11-16-13)14(18)19-8-4/h9-11H,5-8H2,1-4H3,(H,16,17). The maximum absolute atomic E-state index is 11.5. The highest BCUT2D eigenvalue weighted by Crippen LogP contribution is 2.24. The second kappa shape index (κ2) is 7.12. The number of carbonyl (C=O) groups excluding carboxylic acids is 1. The van der Waals surface area contributed by atoms with Crippen molar-refractivity contribution in [2.75, 3.05) is 11.9 Å². The van der Waals surface area contributed by atoms with Crippen molar-refractivity contribution in [2.45, 2.75) is 52.5 Å². The third-order valence-electron chi connectivity index (χ3n) is 3.70. The van der Waals surface area contributed by atoms with E-state index in [2.05, 4.69) is 31.1 Å². The molecular formula is C15H24N2O2. The minimum Gasteiger partial charge on any atom is -0.462 e. The number of carbonyl (C=O) groups is 1.